The zero-order valence-electron chi connectivity index (χ0n) is 10.6. The summed E-state index contributed by atoms with van der Waals surface area (Å²) < 4.78 is 0. The number of hydrogen-bond donors (Lipinski definition) is 1. The van der Waals surface area contributed by atoms with Crippen LogP contribution in [0.15, 0.2) is 37.0 Å². The average Bonchev–Trinajstić information content (AvgIpc) is 2.30. The van der Waals surface area contributed by atoms with Gasteiger partial charge in [0.1, 0.15) is 0 Å². The molecule has 0 unspecified atom stereocenters. The molecule has 3 nitrogen and oxygen atoms in total. The fraction of sp³-hybridized carbons (Fsp3) is 0.500. The Morgan fingerprint density at radius 3 is 2.53 bits per heavy atom. The molecule has 0 spiro atoms. The summed E-state index contributed by atoms with van der Waals surface area (Å²) >= 11 is 0. The summed E-state index contributed by atoms with van der Waals surface area (Å²) in [6.45, 7) is 12.0. The number of nitrogens with zero attached hydrogens (tertiary/aromatic N) is 1. The Balaban J connectivity index is 2.36. The number of carbonyl (C=O) groups is 1. The average molecular weight is 234 g/mol. The molecule has 1 heterocycles. The van der Waals surface area contributed by atoms with Gasteiger partial charge in [0.2, 0.25) is 5.91 Å². The first-order chi connectivity index (χ1) is 8.15. The summed E-state index contributed by atoms with van der Waals surface area (Å²) in [5.41, 5.74) is 1.19. The van der Waals surface area contributed by atoms with Gasteiger partial charge in [-0.1, -0.05) is 31.4 Å². The van der Waals surface area contributed by atoms with Gasteiger partial charge in [-0.15, -0.1) is 0 Å². The number of piperidine rings is 1. The highest BCUT2D eigenvalue weighted by Gasteiger charge is 2.19. The van der Waals surface area contributed by atoms with Gasteiger partial charge in [-0.3, -0.25) is 9.69 Å². The number of hydrogen-bond acceptors (Lipinski definition) is 2. The monoisotopic (exact) mass is 234 g/mol. The number of amides is 1. The Morgan fingerprint density at radius 1 is 1.41 bits per heavy atom. The predicted octanol–water partition coefficient (Wildman–Crippen LogP) is 1.89. The van der Waals surface area contributed by atoms with Crippen molar-refractivity contribution in [1.29, 1.82) is 0 Å². The number of nitrogens with one attached hydrogen (secondary N) is 1. The lowest BCUT2D eigenvalue weighted by Gasteiger charge is -2.32. The van der Waals surface area contributed by atoms with Gasteiger partial charge in [0, 0.05) is 32.6 Å². The van der Waals surface area contributed by atoms with Crippen LogP contribution in [0.1, 0.15) is 19.8 Å². The Labute approximate surface area is 104 Å². The quantitative estimate of drug-likeness (QED) is 0.737. The van der Waals surface area contributed by atoms with Crippen LogP contribution < -0.4 is 5.32 Å². The zero-order valence-corrected chi connectivity index (χ0v) is 10.6. The number of carbonyl (C=O) groups excluding carboxylic acids is 1. The molecule has 0 bridgehead atoms. The highest BCUT2D eigenvalue weighted by atomic mass is 16.1. The molecular formula is C14H22N2O. The fourth-order valence-electron chi connectivity index (χ4n) is 2.12. The fourth-order valence-corrected chi connectivity index (χ4v) is 2.12. The van der Waals surface area contributed by atoms with Crippen molar-refractivity contribution in [3.05, 3.63) is 37.0 Å². The van der Waals surface area contributed by atoms with E-state index >= 15 is 0 Å². The first kappa shape index (κ1) is 13.7. The minimum atomic E-state index is 0.0711. The van der Waals surface area contributed by atoms with Crippen LogP contribution in [0.3, 0.4) is 0 Å². The lowest BCUT2D eigenvalue weighted by molar-refractivity contribution is -0.119. The normalized spacial score (nSPS) is 18.8. The SMILES string of the molecule is C=C/C=C(\C=C)CN1CCC(NC(C)=O)CC1. The molecule has 1 saturated heterocycles. The van der Waals surface area contributed by atoms with Gasteiger partial charge in [0.15, 0.2) is 0 Å². The predicted molar refractivity (Wildman–Crippen MR) is 71.8 cm³/mol. The number of allylic oxidation sites excluding steroid dienone is 2. The molecule has 1 aliphatic heterocycles. The Morgan fingerprint density at radius 2 is 2.06 bits per heavy atom. The largest absolute Gasteiger partial charge is 0.354 e. The summed E-state index contributed by atoms with van der Waals surface area (Å²) in [7, 11) is 0. The molecule has 1 amide bonds. The molecule has 1 N–H and O–H groups in total. The van der Waals surface area contributed by atoms with Crippen molar-refractivity contribution >= 4 is 5.91 Å². The number of rotatable bonds is 5. The minimum Gasteiger partial charge on any atom is -0.354 e. The first-order valence-corrected chi connectivity index (χ1v) is 6.09. The molecule has 17 heavy (non-hydrogen) atoms. The smallest absolute Gasteiger partial charge is 0.217 e. The van der Waals surface area contributed by atoms with Crippen molar-refractivity contribution in [3.63, 3.8) is 0 Å². The molecule has 1 rings (SSSR count). The van der Waals surface area contributed by atoms with Crippen molar-refractivity contribution in [1.82, 2.24) is 10.2 Å². The van der Waals surface area contributed by atoms with Gasteiger partial charge in [-0.2, -0.15) is 0 Å². The van der Waals surface area contributed by atoms with Crippen molar-refractivity contribution in [2.24, 2.45) is 0 Å². The number of likely N-dealkylation sites (tertiary alicyclic amines) is 1. The van der Waals surface area contributed by atoms with Crippen LogP contribution in [0, 0.1) is 0 Å². The first-order valence-electron chi connectivity index (χ1n) is 6.09. The standard InChI is InChI=1S/C14H22N2O/c1-4-6-13(5-2)11-16-9-7-14(8-10-16)15-12(3)17/h4-6,14H,1-2,7-11H2,3H3,(H,15,17)/b13-6+. The van der Waals surface area contributed by atoms with Crippen LogP contribution in [0.2, 0.25) is 0 Å². The molecule has 0 radical (unpaired) electrons. The van der Waals surface area contributed by atoms with Crippen molar-refractivity contribution < 1.29 is 4.79 Å². The second-order valence-electron chi connectivity index (χ2n) is 4.43. The Bertz CT molecular complexity index is 312. The maximum absolute atomic E-state index is 10.9. The molecule has 0 atom stereocenters. The van der Waals surface area contributed by atoms with E-state index in [0.29, 0.717) is 6.04 Å². The Hall–Kier alpha value is -1.35. The van der Waals surface area contributed by atoms with Gasteiger partial charge in [0.05, 0.1) is 0 Å². The molecule has 0 saturated carbocycles. The van der Waals surface area contributed by atoms with Crippen LogP contribution in [0.25, 0.3) is 0 Å². The van der Waals surface area contributed by atoms with E-state index in [-0.39, 0.29) is 5.91 Å². The molecule has 1 aliphatic rings. The van der Waals surface area contributed by atoms with E-state index in [2.05, 4.69) is 23.4 Å². The van der Waals surface area contributed by atoms with Crippen molar-refractivity contribution in [2.45, 2.75) is 25.8 Å². The van der Waals surface area contributed by atoms with Crippen LogP contribution in [0.4, 0.5) is 0 Å². The summed E-state index contributed by atoms with van der Waals surface area (Å²) in [6, 6.07) is 0.347. The van der Waals surface area contributed by atoms with Gasteiger partial charge in [-0.25, -0.2) is 0 Å². The van der Waals surface area contributed by atoms with Gasteiger partial charge >= 0.3 is 0 Å². The van der Waals surface area contributed by atoms with E-state index in [0.717, 1.165) is 32.5 Å². The van der Waals surface area contributed by atoms with Crippen LogP contribution in [-0.2, 0) is 4.79 Å². The molecule has 0 aromatic rings. The van der Waals surface area contributed by atoms with E-state index in [1.807, 2.05) is 12.2 Å². The maximum Gasteiger partial charge on any atom is 0.217 e. The molecule has 94 valence electrons. The van der Waals surface area contributed by atoms with Crippen molar-refractivity contribution in [2.75, 3.05) is 19.6 Å². The van der Waals surface area contributed by atoms with Gasteiger partial charge < -0.3 is 5.32 Å². The topological polar surface area (TPSA) is 32.3 Å². The van der Waals surface area contributed by atoms with Gasteiger partial charge in [0.25, 0.3) is 0 Å². The molecule has 3 heteroatoms. The lowest BCUT2D eigenvalue weighted by atomic mass is 10.0. The zero-order chi connectivity index (χ0) is 12.7. The summed E-state index contributed by atoms with van der Waals surface area (Å²) in [5, 5.41) is 2.98. The molecule has 0 aromatic carbocycles. The van der Waals surface area contributed by atoms with E-state index < -0.39 is 0 Å². The summed E-state index contributed by atoms with van der Waals surface area (Å²) in [4.78, 5) is 13.3. The van der Waals surface area contributed by atoms with E-state index in [1.165, 1.54) is 5.57 Å². The minimum absolute atomic E-state index is 0.0711. The molecule has 1 fully saturated rings. The lowest BCUT2D eigenvalue weighted by Crippen LogP contribution is -2.44. The second kappa shape index (κ2) is 7.07. The van der Waals surface area contributed by atoms with E-state index in [9.17, 15) is 4.79 Å². The maximum atomic E-state index is 10.9. The summed E-state index contributed by atoms with van der Waals surface area (Å²) in [6.07, 6.45) is 7.71. The molecule has 0 aliphatic carbocycles. The van der Waals surface area contributed by atoms with Crippen LogP contribution in [0.5, 0.6) is 0 Å². The van der Waals surface area contributed by atoms with Crippen LogP contribution >= 0.6 is 0 Å². The van der Waals surface area contributed by atoms with Crippen LogP contribution in [-0.4, -0.2) is 36.5 Å². The van der Waals surface area contributed by atoms with Crippen molar-refractivity contribution in [3.8, 4) is 0 Å². The third-order valence-corrected chi connectivity index (χ3v) is 3.00. The third kappa shape index (κ3) is 5.00. The highest BCUT2D eigenvalue weighted by molar-refractivity contribution is 5.73. The third-order valence-electron chi connectivity index (χ3n) is 3.00. The Kier molecular flexibility index (Phi) is 5.70. The highest BCUT2D eigenvalue weighted by Crippen LogP contribution is 2.12. The molecule has 0 aromatic heterocycles. The van der Waals surface area contributed by atoms with Gasteiger partial charge in [-0.05, 0) is 18.4 Å². The van der Waals surface area contributed by atoms with E-state index in [4.69, 9.17) is 0 Å². The molecular weight excluding hydrogens is 212 g/mol. The second-order valence-corrected chi connectivity index (χ2v) is 4.43. The summed E-state index contributed by atoms with van der Waals surface area (Å²) in [5.74, 6) is 0.0711. The van der Waals surface area contributed by atoms with E-state index in [1.54, 1.807) is 13.0 Å².